The summed E-state index contributed by atoms with van der Waals surface area (Å²) < 4.78 is 0. The summed E-state index contributed by atoms with van der Waals surface area (Å²) in [6.07, 6.45) is 3.66. The molecular weight excluding hydrogens is 292 g/mol. The number of amides is 1. The monoisotopic (exact) mass is 312 g/mol. The first kappa shape index (κ1) is 15.7. The van der Waals surface area contributed by atoms with E-state index in [0.717, 1.165) is 33.5 Å². The SMILES string of the molecule is CCCCCSc1cc2c(cc1Cl)C(NCC)C(=O)N2. The van der Waals surface area contributed by atoms with Crippen LogP contribution in [0.15, 0.2) is 17.0 Å². The van der Waals surface area contributed by atoms with Gasteiger partial charge in [-0.15, -0.1) is 11.8 Å². The molecule has 1 aliphatic rings. The van der Waals surface area contributed by atoms with Gasteiger partial charge in [0.15, 0.2) is 0 Å². The van der Waals surface area contributed by atoms with Gasteiger partial charge < -0.3 is 10.6 Å². The predicted octanol–water partition coefficient (Wildman–Crippen LogP) is 4.23. The summed E-state index contributed by atoms with van der Waals surface area (Å²) in [7, 11) is 0. The van der Waals surface area contributed by atoms with E-state index in [9.17, 15) is 4.79 Å². The van der Waals surface area contributed by atoms with E-state index >= 15 is 0 Å². The lowest BCUT2D eigenvalue weighted by Crippen LogP contribution is -2.27. The van der Waals surface area contributed by atoms with Crippen LogP contribution < -0.4 is 10.6 Å². The van der Waals surface area contributed by atoms with Gasteiger partial charge in [-0.3, -0.25) is 4.79 Å². The summed E-state index contributed by atoms with van der Waals surface area (Å²) in [5.41, 5.74) is 1.85. The number of thioether (sulfide) groups is 1. The Kier molecular flexibility index (Phi) is 5.75. The maximum absolute atomic E-state index is 11.9. The zero-order valence-electron chi connectivity index (χ0n) is 12.0. The van der Waals surface area contributed by atoms with E-state index in [1.807, 2.05) is 19.1 Å². The van der Waals surface area contributed by atoms with Crippen LogP contribution in [0.2, 0.25) is 5.02 Å². The molecule has 1 atom stereocenters. The predicted molar refractivity (Wildman–Crippen MR) is 86.7 cm³/mol. The van der Waals surface area contributed by atoms with Crippen molar-refractivity contribution in [1.29, 1.82) is 0 Å². The summed E-state index contributed by atoms with van der Waals surface area (Å²) >= 11 is 8.11. The highest BCUT2D eigenvalue weighted by Gasteiger charge is 2.30. The number of rotatable bonds is 7. The number of carbonyl (C=O) groups is 1. The molecular formula is C15H21ClN2OS. The number of nitrogens with one attached hydrogen (secondary N) is 2. The van der Waals surface area contributed by atoms with E-state index < -0.39 is 0 Å². The van der Waals surface area contributed by atoms with Gasteiger partial charge in [0.25, 0.3) is 0 Å². The van der Waals surface area contributed by atoms with Crippen LogP contribution in [-0.4, -0.2) is 18.2 Å². The average molecular weight is 313 g/mol. The van der Waals surface area contributed by atoms with E-state index in [0.29, 0.717) is 0 Å². The summed E-state index contributed by atoms with van der Waals surface area (Å²) in [4.78, 5) is 13.0. The normalized spacial score (nSPS) is 17.1. The first-order valence-electron chi connectivity index (χ1n) is 7.17. The van der Waals surface area contributed by atoms with Gasteiger partial charge in [0.1, 0.15) is 6.04 Å². The molecule has 0 spiro atoms. The zero-order chi connectivity index (χ0) is 14.5. The van der Waals surface area contributed by atoms with Crippen LogP contribution >= 0.6 is 23.4 Å². The van der Waals surface area contributed by atoms with Crippen molar-refractivity contribution >= 4 is 35.0 Å². The smallest absolute Gasteiger partial charge is 0.246 e. The quantitative estimate of drug-likeness (QED) is 0.585. The fourth-order valence-electron chi connectivity index (χ4n) is 2.31. The fraction of sp³-hybridized carbons (Fsp3) is 0.533. The van der Waals surface area contributed by atoms with Gasteiger partial charge in [-0.2, -0.15) is 0 Å². The Morgan fingerprint density at radius 2 is 2.15 bits per heavy atom. The number of anilines is 1. The highest BCUT2D eigenvalue weighted by molar-refractivity contribution is 7.99. The van der Waals surface area contributed by atoms with Gasteiger partial charge in [-0.25, -0.2) is 0 Å². The molecule has 20 heavy (non-hydrogen) atoms. The molecule has 0 aromatic heterocycles. The summed E-state index contributed by atoms with van der Waals surface area (Å²) in [5, 5.41) is 6.85. The molecule has 3 nitrogen and oxygen atoms in total. The third-order valence-electron chi connectivity index (χ3n) is 3.35. The molecule has 0 fully saturated rings. The molecule has 0 bridgehead atoms. The molecule has 2 rings (SSSR count). The highest BCUT2D eigenvalue weighted by Crippen LogP contribution is 2.39. The summed E-state index contributed by atoms with van der Waals surface area (Å²) in [6, 6.07) is 3.65. The van der Waals surface area contributed by atoms with Gasteiger partial charge in [0, 0.05) is 16.1 Å². The second-order valence-corrected chi connectivity index (χ2v) is 6.45. The van der Waals surface area contributed by atoms with Crippen molar-refractivity contribution in [1.82, 2.24) is 5.32 Å². The molecule has 1 aromatic rings. The van der Waals surface area contributed by atoms with Gasteiger partial charge in [-0.05, 0) is 30.9 Å². The largest absolute Gasteiger partial charge is 0.324 e. The Hall–Kier alpha value is -0.710. The first-order valence-corrected chi connectivity index (χ1v) is 8.54. The number of likely N-dealkylation sites (N-methyl/N-ethyl adjacent to an activating group) is 1. The van der Waals surface area contributed by atoms with Crippen LogP contribution in [0.4, 0.5) is 5.69 Å². The first-order chi connectivity index (χ1) is 9.67. The van der Waals surface area contributed by atoms with Crippen molar-refractivity contribution in [2.75, 3.05) is 17.6 Å². The summed E-state index contributed by atoms with van der Waals surface area (Å²) in [6.45, 7) is 4.94. The third-order valence-corrected chi connectivity index (χ3v) is 4.92. The maximum atomic E-state index is 11.9. The Morgan fingerprint density at radius 1 is 1.35 bits per heavy atom. The van der Waals surface area contributed by atoms with Gasteiger partial charge in [0.05, 0.1) is 5.02 Å². The van der Waals surface area contributed by atoms with Crippen LogP contribution in [0.25, 0.3) is 0 Å². The van der Waals surface area contributed by atoms with Gasteiger partial charge in [-0.1, -0.05) is 38.3 Å². The molecule has 1 heterocycles. The van der Waals surface area contributed by atoms with Crippen molar-refractivity contribution in [3.8, 4) is 0 Å². The Labute approximate surface area is 129 Å². The second-order valence-electron chi connectivity index (χ2n) is 4.91. The van der Waals surface area contributed by atoms with E-state index in [-0.39, 0.29) is 11.9 Å². The maximum Gasteiger partial charge on any atom is 0.246 e. The number of hydrogen-bond acceptors (Lipinski definition) is 3. The fourth-order valence-corrected chi connectivity index (χ4v) is 3.62. The van der Waals surface area contributed by atoms with Crippen molar-refractivity contribution in [3.05, 3.63) is 22.7 Å². The molecule has 110 valence electrons. The molecule has 1 aromatic carbocycles. The molecule has 1 amide bonds. The minimum Gasteiger partial charge on any atom is -0.324 e. The van der Waals surface area contributed by atoms with E-state index in [2.05, 4.69) is 17.6 Å². The minimum atomic E-state index is -0.272. The van der Waals surface area contributed by atoms with E-state index in [1.165, 1.54) is 19.3 Å². The molecule has 5 heteroatoms. The van der Waals surface area contributed by atoms with Crippen molar-refractivity contribution in [3.63, 3.8) is 0 Å². The van der Waals surface area contributed by atoms with Crippen LogP contribution in [0, 0.1) is 0 Å². The third kappa shape index (κ3) is 3.48. The molecule has 1 unspecified atom stereocenters. The van der Waals surface area contributed by atoms with E-state index in [1.54, 1.807) is 11.8 Å². The number of benzene rings is 1. The Morgan fingerprint density at radius 3 is 2.85 bits per heavy atom. The zero-order valence-corrected chi connectivity index (χ0v) is 13.5. The van der Waals surface area contributed by atoms with Crippen molar-refractivity contribution in [2.45, 2.75) is 44.0 Å². The molecule has 1 aliphatic heterocycles. The molecule has 0 aliphatic carbocycles. The molecule has 0 radical (unpaired) electrons. The van der Waals surface area contributed by atoms with Crippen LogP contribution in [0.5, 0.6) is 0 Å². The van der Waals surface area contributed by atoms with Crippen molar-refractivity contribution < 1.29 is 4.79 Å². The van der Waals surface area contributed by atoms with Crippen LogP contribution in [0.3, 0.4) is 0 Å². The Balaban J connectivity index is 2.11. The highest BCUT2D eigenvalue weighted by atomic mass is 35.5. The number of unbranched alkanes of at least 4 members (excludes halogenated alkanes) is 2. The van der Waals surface area contributed by atoms with Crippen LogP contribution in [-0.2, 0) is 4.79 Å². The number of halogens is 1. The van der Waals surface area contributed by atoms with Crippen LogP contribution in [0.1, 0.15) is 44.7 Å². The Bertz CT molecular complexity index is 493. The molecule has 0 saturated heterocycles. The topological polar surface area (TPSA) is 41.1 Å². The van der Waals surface area contributed by atoms with Gasteiger partial charge in [0.2, 0.25) is 5.91 Å². The van der Waals surface area contributed by atoms with Gasteiger partial charge >= 0.3 is 0 Å². The lowest BCUT2D eigenvalue weighted by molar-refractivity contribution is -0.117. The summed E-state index contributed by atoms with van der Waals surface area (Å²) in [5.74, 6) is 1.07. The number of carbonyl (C=O) groups excluding carboxylic acids is 1. The minimum absolute atomic E-state index is 0.00560. The number of hydrogen-bond donors (Lipinski definition) is 2. The number of fused-ring (bicyclic) bond motifs is 1. The average Bonchev–Trinajstić information content (AvgIpc) is 2.71. The van der Waals surface area contributed by atoms with Crippen molar-refractivity contribution in [2.24, 2.45) is 0 Å². The standard InChI is InChI=1S/C15H21ClN2OS/c1-3-5-6-7-20-13-9-12-10(8-11(13)16)14(17-4-2)15(19)18-12/h8-9,14,17H,3-7H2,1-2H3,(H,18,19). The lowest BCUT2D eigenvalue weighted by atomic mass is 10.1. The molecule has 0 saturated carbocycles. The van der Waals surface area contributed by atoms with E-state index in [4.69, 9.17) is 11.6 Å². The lowest BCUT2D eigenvalue weighted by Gasteiger charge is -2.11. The molecule has 2 N–H and O–H groups in total. The second kappa shape index (κ2) is 7.34.